The second kappa shape index (κ2) is 4.13. The average molecular weight is 194 g/mol. The first-order chi connectivity index (χ1) is 6.77. The van der Waals surface area contributed by atoms with Gasteiger partial charge in [-0.2, -0.15) is 0 Å². The molecule has 3 nitrogen and oxygen atoms in total. The maximum atomic E-state index is 10.8. The maximum absolute atomic E-state index is 10.8. The summed E-state index contributed by atoms with van der Waals surface area (Å²) in [6.07, 6.45) is 6.90. The molecule has 0 spiro atoms. The van der Waals surface area contributed by atoms with Crippen LogP contribution >= 0.6 is 0 Å². The summed E-state index contributed by atoms with van der Waals surface area (Å²) in [5.41, 5.74) is 1.42. The molecule has 14 heavy (non-hydrogen) atoms. The molecule has 3 heteroatoms. The third-order valence-electron chi connectivity index (χ3n) is 3.16. The zero-order valence-corrected chi connectivity index (χ0v) is 8.75. The van der Waals surface area contributed by atoms with E-state index in [1.807, 2.05) is 6.20 Å². The van der Waals surface area contributed by atoms with Gasteiger partial charge in [-0.3, -0.25) is 9.69 Å². The van der Waals surface area contributed by atoms with E-state index in [0.717, 1.165) is 6.42 Å². The molecular formula is C11H18N2O. The van der Waals surface area contributed by atoms with Crippen molar-refractivity contribution in [2.45, 2.75) is 38.6 Å². The van der Waals surface area contributed by atoms with Gasteiger partial charge in [0.25, 0.3) is 0 Å². The highest BCUT2D eigenvalue weighted by Crippen LogP contribution is 2.30. The number of nitrogens with zero attached hydrogens (tertiary/aromatic N) is 1. The van der Waals surface area contributed by atoms with Crippen molar-refractivity contribution in [1.29, 1.82) is 0 Å². The van der Waals surface area contributed by atoms with Crippen molar-refractivity contribution in [2.24, 2.45) is 0 Å². The molecule has 2 heterocycles. The number of hydrogen-bond donors (Lipinski definition) is 1. The first-order valence-electron chi connectivity index (χ1n) is 5.47. The fraction of sp³-hybridized carbons (Fsp3) is 0.727. The van der Waals surface area contributed by atoms with Crippen LogP contribution in [0.4, 0.5) is 0 Å². The smallest absolute Gasteiger partial charge is 0.220 e. The van der Waals surface area contributed by atoms with Gasteiger partial charge in [0, 0.05) is 19.2 Å². The average Bonchev–Trinajstić information content (AvgIpc) is 2.62. The molecule has 1 N–H and O–H groups in total. The first kappa shape index (κ1) is 9.71. The largest absolute Gasteiger partial charge is 0.333 e. The number of amides is 1. The number of piperidine rings is 1. The van der Waals surface area contributed by atoms with Gasteiger partial charge in [0.2, 0.25) is 5.91 Å². The molecule has 2 rings (SSSR count). The predicted octanol–water partition coefficient (Wildman–Crippen LogP) is 1.26. The van der Waals surface area contributed by atoms with Crippen molar-refractivity contribution >= 4 is 5.91 Å². The van der Waals surface area contributed by atoms with Gasteiger partial charge in [-0.15, -0.1) is 0 Å². The molecule has 0 aromatic rings. The Kier molecular flexibility index (Phi) is 2.87. The van der Waals surface area contributed by atoms with E-state index >= 15 is 0 Å². The Hall–Kier alpha value is -0.830. The highest BCUT2D eigenvalue weighted by molar-refractivity contribution is 5.74. The molecule has 0 aliphatic carbocycles. The second-order valence-electron chi connectivity index (χ2n) is 4.22. The lowest BCUT2D eigenvalue weighted by Crippen LogP contribution is -2.36. The molecule has 1 atom stereocenters. The molecule has 2 aliphatic rings. The molecule has 0 bridgehead atoms. The van der Waals surface area contributed by atoms with E-state index in [9.17, 15) is 4.79 Å². The van der Waals surface area contributed by atoms with Crippen LogP contribution in [0.5, 0.6) is 0 Å². The van der Waals surface area contributed by atoms with Gasteiger partial charge in [0.15, 0.2) is 0 Å². The highest BCUT2D eigenvalue weighted by atomic mass is 16.1. The molecule has 2 saturated heterocycles. The molecule has 2 fully saturated rings. The minimum absolute atomic E-state index is 0.0348. The van der Waals surface area contributed by atoms with Crippen LogP contribution in [0.15, 0.2) is 11.8 Å². The number of fused-ring (bicyclic) bond motifs is 1. The van der Waals surface area contributed by atoms with Crippen molar-refractivity contribution in [2.75, 3.05) is 13.1 Å². The van der Waals surface area contributed by atoms with Crippen molar-refractivity contribution in [3.63, 3.8) is 0 Å². The zero-order valence-electron chi connectivity index (χ0n) is 8.75. The van der Waals surface area contributed by atoms with E-state index in [1.165, 1.54) is 37.9 Å². The van der Waals surface area contributed by atoms with Crippen LogP contribution in [-0.4, -0.2) is 29.9 Å². The van der Waals surface area contributed by atoms with Gasteiger partial charge in [0.1, 0.15) is 0 Å². The summed E-state index contributed by atoms with van der Waals surface area (Å²) < 4.78 is 0. The monoisotopic (exact) mass is 194 g/mol. The molecule has 0 radical (unpaired) electrons. The quantitative estimate of drug-likeness (QED) is 0.681. The summed E-state index contributed by atoms with van der Waals surface area (Å²) in [5, 5.41) is 2.80. The number of carbonyl (C=O) groups is 1. The van der Waals surface area contributed by atoms with E-state index in [1.54, 1.807) is 6.92 Å². The Morgan fingerprint density at radius 1 is 1.50 bits per heavy atom. The maximum Gasteiger partial charge on any atom is 0.220 e. The number of nitrogens with one attached hydrogen (secondary N) is 1. The van der Waals surface area contributed by atoms with E-state index < -0.39 is 0 Å². The lowest BCUT2D eigenvalue weighted by Gasteiger charge is -2.31. The Morgan fingerprint density at radius 3 is 3.07 bits per heavy atom. The third-order valence-corrected chi connectivity index (χ3v) is 3.16. The number of rotatable bonds is 1. The standard InChI is InChI=1S/C11H18N2O/c1-9(14)12-8-10-4-2-6-13-7-3-5-11(10)13/h8,11H,2-7H2,1H3,(H,12,14)/t11-/m1/s1. The molecule has 0 saturated carbocycles. The Morgan fingerprint density at radius 2 is 2.29 bits per heavy atom. The van der Waals surface area contributed by atoms with Crippen LogP contribution in [-0.2, 0) is 4.79 Å². The molecule has 0 aromatic carbocycles. The Labute approximate surface area is 85.2 Å². The SMILES string of the molecule is CC(=O)NC=C1CCCN2CCC[C@H]12. The summed E-state index contributed by atoms with van der Waals surface area (Å²) >= 11 is 0. The van der Waals surface area contributed by atoms with Crippen LogP contribution in [0, 0.1) is 0 Å². The van der Waals surface area contributed by atoms with Crippen LogP contribution in [0.1, 0.15) is 32.6 Å². The highest BCUT2D eigenvalue weighted by Gasteiger charge is 2.30. The van der Waals surface area contributed by atoms with Gasteiger partial charge >= 0.3 is 0 Å². The van der Waals surface area contributed by atoms with Crippen LogP contribution < -0.4 is 5.32 Å². The predicted molar refractivity (Wildman–Crippen MR) is 55.7 cm³/mol. The molecule has 0 unspecified atom stereocenters. The summed E-state index contributed by atoms with van der Waals surface area (Å²) in [5.74, 6) is 0.0348. The third kappa shape index (κ3) is 1.98. The fourth-order valence-electron chi connectivity index (χ4n) is 2.53. The topological polar surface area (TPSA) is 32.3 Å². The number of carbonyl (C=O) groups excluding carboxylic acids is 1. The van der Waals surface area contributed by atoms with Crippen molar-refractivity contribution in [1.82, 2.24) is 10.2 Å². The fourth-order valence-corrected chi connectivity index (χ4v) is 2.53. The second-order valence-corrected chi connectivity index (χ2v) is 4.22. The molecule has 0 aromatic heterocycles. The molecule has 1 amide bonds. The van der Waals surface area contributed by atoms with Crippen LogP contribution in [0.3, 0.4) is 0 Å². The van der Waals surface area contributed by atoms with Gasteiger partial charge in [-0.1, -0.05) is 0 Å². The van der Waals surface area contributed by atoms with E-state index in [0.29, 0.717) is 6.04 Å². The molecule has 78 valence electrons. The van der Waals surface area contributed by atoms with Crippen LogP contribution in [0.25, 0.3) is 0 Å². The van der Waals surface area contributed by atoms with Crippen molar-refractivity contribution in [3.8, 4) is 0 Å². The van der Waals surface area contributed by atoms with E-state index in [4.69, 9.17) is 0 Å². The molecule has 2 aliphatic heterocycles. The summed E-state index contributed by atoms with van der Waals surface area (Å²) in [6.45, 7) is 4.04. The lowest BCUT2D eigenvalue weighted by molar-refractivity contribution is -0.118. The normalized spacial score (nSPS) is 30.4. The minimum Gasteiger partial charge on any atom is -0.333 e. The Bertz CT molecular complexity index is 260. The zero-order chi connectivity index (χ0) is 9.97. The van der Waals surface area contributed by atoms with Gasteiger partial charge in [0.05, 0.1) is 0 Å². The number of hydrogen-bond acceptors (Lipinski definition) is 2. The lowest BCUT2D eigenvalue weighted by atomic mass is 9.97. The van der Waals surface area contributed by atoms with Gasteiger partial charge in [-0.25, -0.2) is 0 Å². The van der Waals surface area contributed by atoms with E-state index in [-0.39, 0.29) is 5.91 Å². The summed E-state index contributed by atoms with van der Waals surface area (Å²) in [4.78, 5) is 13.3. The van der Waals surface area contributed by atoms with Crippen LogP contribution in [0.2, 0.25) is 0 Å². The van der Waals surface area contributed by atoms with E-state index in [2.05, 4.69) is 10.2 Å². The van der Waals surface area contributed by atoms with Crippen molar-refractivity contribution < 1.29 is 4.79 Å². The summed E-state index contributed by atoms with van der Waals surface area (Å²) in [7, 11) is 0. The Balaban J connectivity index is 2.02. The van der Waals surface area contributed by atoms with Gasteiger partial charge in [-0.05, 0) is 44.3 Å². The minimum atomic E-state index is 0.0348. The summed E-state index contributed by atoms with van der Waals surface area (Å²) in [6, 6.07) is 0.621. The first-order valence-corrected chi connectivity index (χ1v) is 5.47. The molecular weight excluding hydrogens is 176 g/mol. The van der Waals surface area contributed by atoms with Crippen molar-refractivity contribution in [3.05, 3.63) is 11.8 Å². The van der Waals surface area contributed by atoms with Gasteiger partial charge < -0.3 is 5.32 Å².